The summed E-state index contributed by atoms with van der Waals surface area (Å²) in [6, 6.07) is 9.95. The number of benzene rings is 2. The van der Waals surface area contributed by atoms with Gasteiger partial charge in [-0.1, -0.05) is 23.7 Å². The average Bonchev–Trinajstić information content (AvgIpc) is 2.65. The van der Waals surface area contributed by atoms with Gasteiger partial charge in [-0.15, -0.1) is 0 Å². The maximum Gasteiger partial charge on any atom is 0.322 e. The molecule has 0 radical (unpaired) electrons. The summed E-state index contributed by atoms with van der Waals surface area (Å²) in [6.45, 7) is 4.03. The molecular weight excluding hydrogens is 357 g/mol. The van der Waals surface area contributed by atoms with E-state index in [1.54, 1.807) is 29.2 Å². The van der Waals surface area contributed by atoms with Gasteiger partial charge in [0.2, 0.25) is 0 Å². The molecule has 0 unspecified atom stereocenters. The van der Waals surface area contributed by atoms with E-state index in [1.807, 2.05) is 17.9 Å². The summed E-state index contributed by atoms with van der Waals surface area (Å²) < 4.78 is 19.2. The molecule has 2 aromatic rings. The number of ether oxygens (including phenoxy) is 1. The summed E-state index contributed by atoms with van der Waals surface area (Å²) in [6.07, 6.45) is 0. The summed E-state index contributed by atoms with van der Waals surface area (Å²) in [4.78, 5) is 16.2. The Kier molecular flexibility index (Phi) is 5.52. The lowest BCUT2D eigenvalue weighted by molar-refractivity contribution is 0.208. The standard InChI is InChI=1S/C19H21ClFN3O2/c1-13-11-16(18(26-2)12-14(13)20)22-19(25)24-9-7-23(8-10-24)17-6-4-3-5-15(17)21/h3-6,11-12H,7-10H2,1-2H3,(H,22,25). The molecule has 2 amide bonds. The Morgan fingerprint density at radius 3 is 2.54 bits per heavy atom. The topological polar surface area (TPSA) is 44.8 Å². The first-order valence-electron chi connectivity index (χ1n) is 8.39. The first kappa shape index (κ1) is 18.3. The lowest BCUT2D eigenvalue weighted by Gasteiger charge is -2.36. The number of methoxy groups -OCH3 is 1. The molecule has 26 heavy (non-hydrogen) atoms. The second-order valence-corrected chi connectivity index (χ2v) is 6.56. The van der Waals surface area contributed by atoms with Crippen LogP contribution in [0.15, 0.2) is 36.4 Å². The summed E-state index contributed by atoms with van der Waals surface area (Å²) in [5, 5.41) is 3.46. The van der Waals surface area contributed by atoms with Gasteiger partial charge in [0.15, 0.2) is 0 Å². The van der Waals surface area contributed by atoms with Crippen LogP contribution in [0.25, 0.3) is 0 Å². The Hall–Kier alpha value is -2.47. The van der Waals surface area contributed by atoms with E-state index in [0.29, 0.717) is 48.3 Å². The van der Waals surface area contributed by atoms with Crippen molar-refractivity contribution in [3.05, 3.63) is 52.8 Å². The number of carbonyl (C=O) groups is 1. The molecule has 2 aromatic carbocycles. The fraction of sp³-hybridized carbons (Fsp3) is 0.316. The van der Waals surface area contributed by atoms with Crippen LogP contribution in [0.3, 0.4) is 0 Å². The largest absolute Gasteiger partial charge is 0.495 e. The second kappa shape index (κ2) is 7.83. The Morgan fingerprint density at radius 2 is 1.88 bits per heavy atom. The molecule has 1 aliphatic heterocycles. The van der Waals surface area contributed by atoms with Crippen molar-refractivity contribution in [2.45, 2.75) is 6.92 Å². The van der Waals surface area contributed by atoms with Gasteiger partial charge in [0, 0.05) is 37.3 Å². The number of carbonyl (C=O) groups excluding carboxylic acids is 1. The molecule has 1 aliphatic rings. The molecule has 1 fully saturated rings. The Bertz CT molecular complexity index is 807. The van der Waals surface area contributed by atoms with Crippen molar-refractivity contribution < 1.29 is 13.9 Å². The molecule has 138 valence electrons. The average molecular weight is 378 g/mol. The van der Waals surface area contributed by atoms with Crippen molar-refractivity contribution in [1.29, 1.82) is 0 Å². The highest BCUT2D eigenvalue weighted by atomic mass is 35.5. The number of nitrogens with zero attached hydrogens (tertiary/aromatic N) is 2. The summed E-state index contributed by atoms with van der Waals surface area (Å²) in [5.74, 6) is 0.269. The van der Waals surface area contributed by atoms with E-state index in [2.05, 4.69) is 5.32 Å². The molecule has 1 N–H and O–H groups in total. The van der Waals surface area contributed by atoms with Crippen molar-refractivity contribution in [1.82, 2.24) is 4.90 Å². The summed E-state index contributed by atoms with van der Waals surface area (Å²) in [5.41, 5.74) is 2.01. The van der Waals surface area contributed by atoms with Gasteiger partial charge in [0.1, 0.15) is 11.6 Å². The maximum atomic E-state index is 13.9. The van der Waals surface area contributed by atoms with Crippen LogP contribution in [0.2, 0.25) is 5.02 Å². The van der Waals surface area contributed by atoms with Crippen molar-refractivity contribution in [3.8, 4) is 5.75 Å². The predicted octanol–water partition coefficient (Wildman–Crippen LogP) is 4.15. The van der Waals surface area contributed by atoms with Crippen molar-refractivity contribution >= 4 is 29.0 Å². The molecule has 0 aromatic heterocycles. The van der Waals surface area contributed by atoms with Gasteiger partial charge < -0.3 is 19.9 Å². The van der Waals surface area contributed by atoms with Gasteiger partial charge in [0.25, 0.3) is 0 Å². The van der Waals surface area contributed by atoms with Crippen LogP contribution >= 0.6 is 11.6 Å². The van der Waals surface area contributed by atoms with Crippen molar-refractivity contribution in [2.75, 3.05) is 43.5 Å². The van der Waals surface area contributed by atoms with Crippen molar-refractivity contribution in [3.63, 3.8) is 0 Å². The predicted molar refractivity (Wildman–Crippen MR) is 102 cm³/mol. The zero-order valence-electron chi connectivity index (χ0n) is 14.8. The highest BCUT2D eigenvalue weighted by Crippen LogP contribution is 2.31. The quantitative estimate of drug-likeness (QED) is 0.873. The van der Waals surface area contributed by atoms with E-state index in [9.17, 15) is 9.18 Å². The number of hydrogen-bond acceptors (Lipinski definition) is 3. The molecule has 5 nitrogen and oxygen atoms in total. The van der Waals surface area contributed by atoms with E-state index in [0.717, 1.165) is 5.56 Å². The van der Waals surface area contributed by atoms with Crippen LogP contribution in [0.1, 0.15) is 5.56 Å². The number of nitrogens with one attached hydrogen (secondary N) is 1. The van der Waals surface area contributed by atoms with Gasteiger partial charge in [-0.2, -0.15) is 0 Å². The Labute approximate surface area is 157 Å². The molecular formula is C19H21ClFN3O2. The molecule has 0 atom stereocenters. The van der Waals surface area contributed by atoms with Gasteiger partial charge in [-0.05, 0) is 30.7 Å². The molecule has 3 rings (SSSR count). The van der Waals surface area contributed by atoms with E-state index in [4.69, 9.17) is 16.3 Å². The number of halogens is 2. The Balaban J connectivity index is 1.64. The number of hydrogen-bond donors (Lipinski definition) is 1. The minimum atomic E-state index is -0.244. The molecule has 1 saturated heterocycles. The molecule has 0 saturated carbocycles. The number of urea groups is 1. The monoisotopic (exact) mass is 377 g/mol. The second-order valence-electron chi connectivity index (χ2n) is 6.16. The van der Waals surface area contributed by atoms with Gasteiger partial charge in [0.05, 0.1) is 18.5 Å². The Morgan fingerprint density at radius 1 is 1.19 bits per heavy atom. The van der Waals surface area contributed by atoms with E-state index in [-0.39, 0.29) is 11.8 Å². The zero-order valence-corrected chi connectivity index (χ0v) is 15.5. The minimum absolute atomic E-state index is 0.210. The van der Waals surface area contributed by atoms with Crippen molar-refractivity contribution in [2.24, 2.45) is 0 Å². The zero-order chi connectivity index (χ0) is 18.7. The van der Waals surface area contributed by atoms with Gasteiger partial charge in [-0.25, -0.2) is 9.18 Å². The lowest BCUT2D eigenvalue weighted by Crippen LogP contribution is -2.50. The fourth-order valence-corrected chi connectivity index (χ4v) is 3.14. The third-order valence-electron chi connectivity index (χ3n) is 4.48. The van der Waals surface area contributed by atoms with Gasteiger partial charge >= 0.3 is 6.03 Å². The van der Waals surface area contributed by atoms with Crippen LogP contribution in [-0.4, -0.2) is 44.2 Å². The third-order valence-corrected chi connectivity index (χ3v) is 4.89. The lowest BCUT2D eigenvalue weighted by atomic mass is 10.2. The number of para-hydroxylation sites is 1. The molecule has 0 aliphatic carbocycles. The number of piperazine rings is 1. The number of rotatable bonds is 3. The highest BCUT2D eigenvalue weighted by molar-refractivity contribution is 6.31. The minimum Gasteiger partial charge on any atom is -0.495 e. The highest BCUT2D eigenvalue weighted by Gasteiger charge is 2.23. The normalized spacial score (nSPS) is 14.3. The smallest absolute Gasteiger partial charge is 0.322 e. The number of amides is 2. The summed E-state index contributed by atoms with van der Waals surface area (Å²) >= 11 is 6.10. The summed E-state index contributed by atoms with van der Waals surface area (Å²) in [7, 11) is 1.53. The first-order valence-corrected chi connectivity index (χ1v) is 8.77. The fourth-order valence-electron chi connectivity index (χ4n) is 2.98. The van der Waals surface area contributed by atoms with E-state index < -0.39 is 0 Å². The number of anilines is 2. The van der Waals surface area contributed by atoms with Crippen LogP contribution in [0, 0.1) is 12.7 Å². The molecule has 7 heteroatoms. The van der Waals surface area contributed by atoms with Crippen LogP contribution in [0.5, 0.6) is 5.75 Å². The molecule has 0 spiro atoms. The molecule has 0 bridgehead atoms. The van der Waals surface area contributed by atoms with Crippen LogP contribution in [0.4, 0.5) is 20.6 Å². The van der Waals surface area contributed by atoms with E-state index in [1.165, 1.54) is 13.2 Å². The first-order chi connectivity index (χ1) is 12.5. The van der Waals surface area contributed by atoms with Crippen LogP contribution in [-0.2, 0) is 0 Å². The maximum absolute atomic E-state index is 13.9. The van der Waals surface area contributed by atoms with Gasteiger partial charge in [-0.3, -0.25) is 0 Å². The van der Waals surface area contributed by atoms with E-state index >= 15 is 0 Å². The number of aryl methyl sites for hydroxylation is 1. The third kappa shape index (κ3) is 3.85. The molecule has 1 heterocycles. The SMILES string of the molecule is COc1cc(Cl)c(C)cc1NC(=O)N1CCN(c2ccccc2F)CC1. The van der Waals surface area contributed by atoms with Crippen LogP contribution < -0.4 is 15.0 Å².